The quantitative estimate of drug-likeness (QED) is 0.377. The molecule has 2 aromatic rings. The van der Waals surface area contributed by atoms with Crippen molar-refractivity contribution < 1.29 is 18.7 Å². The SMILES string of the molecule is CCCCN(CCCC(=O)OCC)CC(=O)N(CCc1ccccc1)Cc1ccc(C)o1. The van der Waals surface area contributed by atoms with Crippen LogP contribution in [0.15, 0.2) is 46.9 Å². The van der Waals surface area contributed by atoms with Crippen LogP contribution in [-0.4, -0.2) is 54.5 Å². The first-order valence-electron chi connectivity index (χ1n) is 11.8. The molecule has 6 heteroatoms. The zero-order chi connectivity index (χ0) is 23.2. The Morgan fingerprint density at radius 2 is 1.72 bits per heavy atom. The molecule has 6 nitrogen and oxygen atoms in total. The fourth-order valence-electron chi connectivity index (χ4n) is 3.58. The van der Waals surface area contributed by atoms with Crippen molar-refractivity contribution in [1.82, 2.24) is 9.80 Å². The van der Waals surface area contributed by atoms with Gasteiger partial charge in [-0.1, -0.05) is 43.7 Å². The lowest BCUT2D eigenvalue weighted by Crippen LogP contribution is -2.41. The van der Waals surface area contributed by atoms with Crippen LogP contribution >= 0.6 is 0 Å². The molecule has 0 unspecified atom stereocenters. The molecule has 1 aromatic heterocycles. The van der Waals surface area contributed by atoms with Gasteiger partial charge in [0, 0.05) is 13.0 Å². The summed E-state index contributed by atoms with van der Waals surface area (Å²) in [6, 6.07) is 14.1. The van der Waals surface area contributed by atoms with Gasteiger partial charge >= 0.3 is 5.97 Å². The molecule has 0 N–H and O–H groups in total. The van der Waals surface area contributed by atoms with Crippen molar-refractivity contribution in [2.45, 2.75) is 59.4 Å². The minimum absolute atomic E-state index is 0.0854. The monoisotopic (exact) mass is 442 g/mol. The molecular formula is C26H38N2O4. The first-order valence-corrected chi connectivity index (χ1v) is 11.8. The van der Waals surface area contributed by atoms with E-state index in [-0.39, 0.29) is 11.9 Å². The van der Waals surface area contributed by atoms with E-state index < -0.39 is 0 Å². The minimum Gasteiger partial charge on any atom is -0.466 e. The molecule has 0 radical (unpaired) electrons. The van der Waals surface area contributed by atoms with Crippen molar-refractivity contribution in [3.63, 3.8) is 0 Å². The number of ether oxygens (including phenoxy) is 1. The fourth-order valence-corrected chi connectivity index (χ4v) is 3.58. The Labute approximate surface area is 192 Å². The van der Waals surface area contributed by atoms with Gasteiger partial charge in [0.05, 0.1) is 19.7 Å². The summed E-state index contributed by atoms with van der Waals surface area (Å²) in [5, 5.41) is 0. The summed E-state index contributed by atoms with van der Waals surface area (Å²) in [7, 11) is 0. The summed E-state index contributed by atoms with van der Waals surface area (Å²) in [4.78, 5) is 29.0. The molecule has 0 bridgehead atoms. The van der Waals surface area contributed by atoms with Gasteiger partial charge in [-0.15, -0.1) is 0 Å². The number of carbonyl (C=O) groups excluding carboxylic acids is 2. The molecule has 1 amide bonds. The molecule has 0 spiro atoms. The number of hydrogen-bond donors (Lipinski definition) is 0. The zero-order valence-corrected chi connectivity index (χ0v) is 19.8. The highest BCUT2D eigenvalue weighted by atomic mass is 16.5. The number of esters is 1. The Kier molecular flexibility index (Phi) is 11.6. The number of benzene rings is 1. The maximum Gasteiger partial charge on any atom is 0.305 e. The van der Waals surface area contributed by atoms with Crippen LogP contribution in [-0.2, 0) is 27.3 Å². The lowest BCUT2D eigenvalue weighted by atomic mass is 10.1. The smallest absolute Gasteiger partial charge is 0.305 e. The second-order valence-electron chi connectivity index (χ2n) is 8.10. The maximum atomic E-state index is 13.3. The Morgan fingerprint density at radius 1 is 0.969 bits per heavy atom. The number of nitrogens with zero attached hydrogens (tertiary/aromatic N) is 2. The van der Waals surface area contributed by atoms with Crippen LogP contribution in [0, 0.1) is 6.92 Å². The predicted molar refractivity (Wildman–Crippen MR) is 126 cm³/mol. The lowest BCUT2D eigenvalue weighted by Gasteiger charge is -2.27. The van der Waals surface area contributed by atoms with Gasteiger partial charge in [0.25, 0.3) is 0 Å². The third-order valence-electron chi connectivity index (χ3n) is 5.36. The Balaban J connectivity index is 2.00. The van der Waals surface area contributed by atoms with Crippen LogP contribution in [0.1, 0.15) is 56.6 Å². The van der Waals surface area contributed by atoms with Crippen LogP contribution in [0.5, 0.6) is 0 Å². The zero-order valence-electron chi connectivity index (χ0n) is 19.8. The van der Waals surface area contributed by atoms with Crippen molar-refractivity contribution in [3.05, 3.63) is 59.5 Å². The number of unbranched alkanes of at least 4 members (excludes halogenated alkanes) is 1. The number of rotatable bonds is 15. The second-order valence-corrected chi connectivity index (χ2v) is 8.10. The van der Waals surface area contributed by atoms with E-state index in [9.17, 15) is 9.59 Å². The minimum atomic E-state index is -0.174. The second kappa shape index (κ2) is 14.5. The van der Waals surface area contributed by atoms with Crippen molar-refractivity contribution in [3.8, 4) is 0 Å². The topological polar surface area (TPSA) is 63.0 Å². The molecule has 176 valence electrons. The van der Waals surface area contributed by atoms with E-state index in [1.165, 1.54) is 5.56 Å². The van der Waals surface area contributed by atoms with E-state index in [0.717, 1.165) is 37.3 Å². The average Bonchev–Trinajstić information content (AvgIpc) is 3.20. The number of aryl methyl sites for hydroxylation is 1. The molecule has 0 saturated heterocycles. The molecule has 1 aromatic carbocycles. The van der Waals surface area contributed by atoms with Crippen molar-refractivity contribution in [2.24, 2.45) is 0 Å². The first-order chi connectivity index (χ1) is 15.5. The molecule has 0 aliphatic carbocycles. The lowest BCUT2D eigenvalue weighted by molar-refractivity contribution is -0.143. The van der Waals surface area contributed by atoms with E-state index in [0.29, 0.717) is 45.6 Å². The van der Waals surface area contributed by atoms with Crippen LogP contribution in [0.2, 0.25) is 0 Å². The van der Waals surface area contributed by atoms with Gasteiger partial charge in [-0.05, 0) is 63.9 Å². The van der Waals surface area contributed by atoms with E-state index >= 15 is 0 Å². The average molecular weight is 443 g/mol. The standard InChI is InChI=1S/C26H38N2O4/c1-4-6-17-27(18-10-13-26(30)31-5-2)21-25(29)28(20-24-15-14-22(3)32-24)19-16-23-11-8-7-9-12-23/h7-9,11-12,14-15H,4-6,10,13,16-21H2,1-3H3. The van der Waals surface area contributed by atoms with Gasteiger partial charge in [-0.2, -0.15) is 0 Å². The van der Waals surface area contributed by atoms with Gasteiger partial charge in [-0.25, -0.2) is 0 Å². The van der Waals surface area contributed by atoms with Crippen molar-refractivity contribution in [1.29, 1.82) is 0 Å². The van der Waals surface area contributed by atoms with Crippen molar-refractivity contribution in [2.75, 3.05) is 32.8 Å². The molecule has 2 rings (SSSR count). The predicted octanol–water partition coefficient (Wildman–Crippen LogP) is 4.60. The summed E-state index contributed by atoms with van der Waals surface area (Å²) in [6.07, 6.45) is 3.95. The Morgan fingerprint density at radius 3 is 2.38 bits per heavy atom. The normalized spacial score (nSPS) is 11.0. The van der Waals surface area contributed by atoms with Gasteiger partial charge in [0.2, 0.25) is 5.91 Å². The van der Waals surface area contributed by atoms with Gasteiger partial charge in [-0.3, -0.25) is 14.5 Å². The van der Waals surface area contributed by atoms with Gasteiger partial charge in [0.15, 0.2) is 0 Å². The molecule has 0 atom stereocenters. The molecule has 0 aliphatic heterocycles. The molecular weight excluding hydrogens is 404 g/mol. The number of carbonyl (C=O) groups is 2. The largest absolute Gasteiger partial charge is 0.466 e. The van der Waals surface area contributed by atoms with Gasteiger partial charge < -0.3 is 14.1 Å². The number of furan rings is 1. The number of amides is 1. The Bertz CT molecular complexity index is 803. The molecule has 1 heterocycles. The van der Waals surface area contributed by atoms with E-state index in [1.807, 2.05) is 49.1 Å². The fraction of sp³-hybridized carbons (Fsp3) is 0.538. The third kappa shape index (κ3) is 9.69. The van der Waals surface area contributed by atoms with Crippen LogP contribution in [0.3, 0.4) is 0 Å². The summed E-state index contributed by atoms with van der Waals surface area (Å²) < 4.78 is 10.8. The van der Waals surface area contributed by atoms with Crippen LogP contribution in [0.25, 0.3) is 0 Å². The molecule has 32 heavy (non-hydrogen) atoms. The third-order valence-corrected chi connectivity index (χ3v) is 5.36. The molecule has 0 saturated carbocycles. The van der Waals surface area contributed by atoms with Crippen LogP contribution in [0.4, 0.5) is 0 Å². The maximum absolute atomic E-state index is 13.3. The summed E-state index contributed by atoms with van der Waals surface area (Å²) in [5.74, 6) is 1.56. The first kappa shape index (κ1) is 25.7. The molecule has 0 fully saturated rings. The summed E-state index contributed by atoms with van der Waals surface area (Å²) >= 11 is 0. The highest BCUT2D eigenvalue weighted by Crippen LogP contribution is 2.12. The van der Waals surface area contributed by atoms with Crippen molar-refractivity contribution >= 4 is 11.9 Å². The summed E-state index contributed by atoms with van der Waals surface area (Å²) in [5.41, 5.74) is 1.21. The summed E-state index contributed by atoms with van der Waals surface area (Å²) in [6.45, 7) is 9.26. The molecule has 0 aliphatic rings. The van der Waals surface area contributed by atoms with Gasteiger partial charge in [0.1, 0.15) is 11.5 Å². The van der Waals surface area contributed by atoms with E-state index in [2.05, 4.69) is 24.0 Å². The van der Waals surface area contributed by atoms with E-state index in [1.54, 1.807) is 0 Å². The van der Waals surface area contributed by atoms with E-state index in [4.69, 9.17) is 9.15 Å². The highest BCUT2D eigenvalue weighted by molar-refractivity contribution is 5.78. The Hall–Kier alpha value is -2.60. The number of hydrogen-bond acceptors (Lipinski definition) is 5. The highest BCUT2D eigenvalue weighted by Gasteiger charge is 2.19. The van der Waals surface area contributed by atoms with Crippen LogP contribution < -0.4 is 0 Å².